The second-order valence-electron chi connectivity index (χ2n) is 7.00. The number of anilines is 1. The molecule has 1 aromatic heterocycles. The topological polar surface area (TPSA) is 78.4 Å². The quantitative estimate of drug-likeness (QED) is 0.820. The van der Waals surface area contributed by atoms with E-state index in [1.165, 1.54) is 6.08 Å². The van der Waals surface area contributed by atoms with Crippen LogP contribution in [0.25, 0.3) is 5.57 Å². The van der Waals surface area contributed by atoms with E-state index in [-0.39, 0.29) is 23.9 Å². The third-order valence-electron chi connectivity index (χ3n) is 4.66. The molecule has 2 aliphatic rings. The normalized spacial score (nSPS) is 19.2. The predicted molar refractivity (Wildman–Crippen MR) is 101 cm³/mol. The van der Waals surface area contributed by atoms with Crippen molar-refractivity contribution in [3.63, 3.8) is 0 Å². The third-order valence-corrected chi connectivity index (χ3v) is 4.66. The zero-order chi connectivity index (χ0) is 18.8. The van der Waals surface area contributed by atoms with Crippen LogP contribution in [-0.4, -0.2) is 58.4 Å². The van der Waals surface area contributed by atoms with Crippen LogP contribution in [0.2, 0.25) is 0 Å². The number of aromatic nitrogens is 2. The van der Waals surface area contributed by atoms with E-state index in [0.717, 1.165) is 11.5 Å². The van der Waals surface area contributed by atoms with Crippen molar-refractivity contribution in [2.45, 2.75) is 39.3 Å². The molecule has 1 saturated heterocycles. The van der Waals surface area contributed by atoms with Gasteiger partial charge in [-0.25, -0.2) is 4.98 Å². The highest BCUT2D eigenvalue weighted by Crippen LogP contribution is 2.27. The second-order valence-corrected chi connectivity index (χ2v) is 7.00. The van der Waals surface area contributed by atoms with Gasteiger partial charge in [-0.05, 0) is 26.8 Å². The van der Waals surface area contributed by atoms with Gasteiger partial charge in [0.15, 0.2) is 0 Å². The van der Waals surface area contributed by atoms with Gasteiger partial charge in [-0.15, -0.1) is 0 Å². The molecule has 0 unspecified atom stereocenters. The Labute approximate surface area is 153 Å². The molecule has 0 bridgehead atoms. The summed E-state index contributed by atoms with van der Waals surface area (Å²) in [7, 11) is 0. The number of fused-ring (bicyclic) bond motifs is 1. The summed E-state index contributed by atoms with van der Waals surface area (Å²) in [6.45, 7) is 11.4. The van der Waals surface area contributed by atoms with E-state index in [9.17, 15) is 9.59 Å². The lowest BCUT2D eigenvalue weighted by Gasteiger charge is -2.40. The Hall–Kier alpha value is -2.70. The minimum atomic E-state index is -0.111. The van der Waals surface area contributed by atoms with Crippen LogP contribution in [0, 0.1) is 0 Å². The van der Waals surface area contributed by atoms with Crippen LogP contribution in [0.15, 0.2) is 24.9 Å². The first-order valence-corrected chi connectivity index (χ1v) is 8.96. The van der Waals surface area contributed by atoms with Crippen molar-refractivity contribution in [2.75, 3.05) is 24.5 Å². The summed E-state index contributed by atoms with van der Waals surface area (Å²) in [6, 6.07) is 0.128. The van der Waals surface area contributed by atoms with Gasteiger partial charge < -0.3 is 15.1 Å². The van der Waals surface area contributed by atoms with E-state index in [1.54, 1.807) is 6.20 Å². The number of allylic oxidation sites excluding steroid dienone is 1. The second kappa shape index (κ2) is 7.27. The molecule has 7 heteroatoms. The largest absolute Gasteiger partial charge is 0.351 e. The van der Waals surface area contributed by atoms with E-state index in [4.69, 9.17) is 4.98 Å². The molecule has 0 aromatic carbocycles. The van der Waals surface area contributed by atoms with E-state index in [1.807, 2.05) is 31.7 Å². The minimum absolute atomic E-state index is 0.0484. The van der Waals surface area contributed by atoms with Crippen LogP contribution in [-0.2, 0) is 16.0 Å². The van der Waals surface area contributed by atoms with Gasteiger partial charge >= 0.3 is 0 Å². The molecule has 1 aromatic rings. The summed E-state index contributed by atoms with van der Waals surface area (Å²) >= 11 is 0. The number of rotatable bonds is 4. The molecule has 1 N–H and O–H groups in total. The number of piperazine rings is 1. The van der Waals surface area contributed by atoms with E-state index in [2.05, 4.69) is 21.8 Å². The molecule has 1 aliphatic carbocycles. The molecule has 0 saturated carbocycles. The first-order valence-electron chi connectivity index (χ1n) is 8.96. The lowest BCUT2D eigenvalue weighted by molar-refractivity contribution is -0.128. The smallest absolute Gasteiger partial charge is 0.253 e. The zero-order valence-corrected chi connectivity index (χ0v) is 15.5. The van der Waals surface area contributed by atoms with Crippen molar-refractivity contribution in [1.29, 1.82) is 0 Å². The van der Waals surface area contributed by atoms with Gasteiger partial charge in [0.2, 0.25) is 5.91 Å². The van der Waals surface area contributed by atoms with Gasteiger partial charge in [-0.1, -0.05) is 12.7 Å². The van der Waals surface area contributed by atoms with Gasteiger partial charge in [0.05, 0.1) is 23.2 Å². The number of nitrogens with zero attached hydrogens (tertiary/aromatic N) is 4. The molecule has 138 valence electrons. The molecule has 1 aliphatic heterocycles. The number of carbonyl (C=O) groups is 2. The van der Waals surface area contributed by atoms with Gasteiger partial charge in [0.25, 0.3) is 5.91 Å². The number of amides is 2. The Morgan fingerprint density at radius 2 is 2.15 bits per heavy atom. The van der Waals surface area contributed by atoms with Crippen molar-refractivity contribution in [3.05, 3.63) is 36.3 Å². The zero-order valence-electron chi connectivity index (χ0n) is 15.5. The Kier molecular flexibility index (Phi) is 5.06. The van der Waals surface area contributed by atoms with E-state index < -0.39 is 0 Å². The predicted octanol–water partition coefficient (Wildman–Crippen LogP) is 1.16. The van der Waals surface area contributed by atoms with Crippen molar-refractivity contribution in [1.82, 2.24) is 20.2 Å². The molecule has 1 atom stereocenters. The fraction of sp³-hybridized carbons (Fsp3) is 0.474. The Balaban J connectivity index is 1.78. The lowest BCUT2D eigenvalue weighted by Crippen LogP contribution is -2.54. The summed E-state index contributed by atoms with van der Waals surface area (Å²) < 4.78 is 0. The highest BCUT2D eigenvalue weighted by atomic mass is 16.2. The molecule has 0 spiro atoms. The number of hydrogen-bond acceptors (Lipinski definition) is 5. The van der Waals surface area contributed by atoms with Gasteiger partial charge in [0.1, 0.15) is 5.82 Å². The Morgan fingerprint density at radius 3 is 2.81 bits per heavy atom. The minimum Gasteiger partial charge on any atom is -0.351 e. The molecule has 2 heterocycles. The molecular weight excluding hydrogens is 330 g/mol. The van der Waals surface area contributed by atoms with Crippen LogP contribution >= 0.6 is 0 Å². The van der Waals surface area contributed by atoms with Crippen LogP contribution in [0.4, 0.5) is 5.82 Å². The van der Waals surface area contributed by atoms with Crippen LogP contribution in [0.5, 0.6) is 0 Å². The maximum atomic E-state index is 12.4. The summed E-state index contributed by atoms with van der Waals surface area (Å²) in [6.07, 6.45) is 5.62. The third kappa shape index (κ3) is 3.47. The lowest BCUT2D eigenvalue weighted by atomic mass is 10.1. The van der Waals surface area contributed by atoms with Crippen LogP contribution < -0.4 is 10.2 Å². The van der Waals surface area contributed by atoms with Crippen LogP contribution in [0.3, 0.4) is 0 Å². The van der Waals surface area contributed by atoms with E-state index in [0.29, 0.717) is 37.3 Å². The fourth-order valence-electron chi connectivity index (χ4n) is 3.37. The first-order chi connectivity index (χ1) is 12.4. The van der Waals surface area contributed by atoms with Crippen molar-refractivity contribution in [3.8, 4) is 0 Å². The summed E-state index contributed by atoms with van der Waals surface area (Å²) in [5.74, 6) is 0.583. The summed E-state index contributed by atoms with van der Waals surface area (Å²) in [5, 5.41) is 2.91. The first kappa shape index (κ1) is 18.1. The molecule has 0 radical (unpaired) electrons. The monoisotopic (exact) mass is 355 g/mol. The van der Waals surface area contributed by atoms with Crippen LogP contribution in [0.1, 0.15) is 32.2 Å². The average molecular weight is 355 g/mol. The average Bonchev–Trinajstić information content (AvgIpc) is 3.03. The van der Waals surface area contributed by atoms with Crippen molar-refractivity contribution >= 4 is 23.2 Å². The van der Waals surface area contributed by atoms with Gasteiger partial charge in [0, 0.05) is 38.1 Å². The highest BCUT2D eigenvalue weighted by Gasteiger charge is 2.29. The SMILES string of the molecule is C=CC(=O)N1CCN(c2cnc3c(n2)C(C(=O)NC(C)C)=CC3)C[C@@H]1C. The number of hydrogen-bond donors (Lipinski definition) is 1. The Bertz CT molecular complexity index is 771. The summed E-state index contributed by atoms with van der Waals surface area (Å²) in [4.78, 5) is 37.4. The van der Waals surface area contributed by atoms with Gasteiger partial charge in [-0.3, -0.25) is 14.6 Å². The summed E-state index contributed by atoms with van der Waals surface area (Å²) in [5.41, 5.74) is 2.09. The molecule has 7 nitrogen and oxygen atoms in total. The highest BCUT2D eigenvalue weighted by molar-refractivity contribution is 6.20. The maximum Gasteiger partial charge on any atom is 0.253 e. The van der Waals surface area contributed by atoms with Gasteiger partial charge in [-0.2, -0.15) is 0 Å². The van der Waals surface area contributed by atoms with Crippen molar-refractivity contribution in [2.24, 2.45) is 0 Å². The molecule has 1 fully saturated rings. The maximum absolute atomic E-state index is 12.4. The fourth-order valence-corrected chi connectivity index (χ4v) is 3.37. The number of nitrogens with one attached hydrogen (secondary N) is 1. The number of carbonyl (C=O) groups excluding carboxylic acids is 2. The van der Waals surface area contributed by atoms with Crippen molar-refractivity contribution < 1.29 is 9.59 Å². The molecular formula is C19H25N5O2. The molecule has 2 amide bonds. The molecule has 3 rings (SSSR count). The Morgan fingerprint density at radius 1 is 1.38 bits per heavy atom. The van der Waals surface area contributed by atoms with E-state index >= 15 is 0 Å². The molecule has 26 heavy (non-hydrogen) atoms. The standard InChI is InChI=1S/C19H25N5O2/c1-5-17(25)24-9-8-23(11-13(24)4)16-10-20-15-7-6-14(18(15)22-16)19(26)21-12(2)3/h5-6,10,12-13H,1,7-9,11H2,2-4H3,(H,21,26)/t13-/m0/s1.